The average Bonchev–Trinajstić information content (AvgIpc) is 2.80. The Kier molecular flexibility index (Phi) is 3.13. The Morgan fingerprint density at radius 1 is 0.957 bits per heavy atom. The second kappa shape index (κ2) is 4.86. The van der Waals surface area contributed by atoms with E-state index in [1.807, 2.05) is 46.7 Å². The fourth-order valence-electron chi connectivity index (χ4n) is 4.93. The summed E-state index contributed by atoms with van der Waals surface area (Å²) in [5, 5.41) is 0. The SMILES string of the molecule is Cc1c(C23CCC(C)(CC2)CC3)c(=O)n(-c2ccccc2)n1C. The van der Waals surface area contributed by atoms with Gasteiger partial charge in [0, 0.05) is 23.7 Å². The third-order valence-electron chi connectivity index (χ3n) is 6.71. The summed E-state index contributed by atoms with van der Waals surface area (Å²) in [5.74, 6) is 0. The highest BCUT2D eigenvalue weighted by molar-refractivity contribution is 5.37. The molecule has 122 valence electrons. The zero-order valence-electron chi connectivity index (χ0n) is 14.4. The first kappa shape index (κ1) is 14.8. The quantitative estimate of drug-likeness (QED) is 0.820. The highest BCUT2D eigenvalue weighted by Gasteiger charge is 2.49. The van der Waals surface area contributed by atoms with Crippen LogP contribution in [0.2, 0.25) is 0 Å². The molecule has 2 aromatic rings. The van der Waals surface area contributed by atoms with Crippen molar-refractivity contribution >= 4 is 0 Å². The molecule has 2 bridgehead atoms. The van der Waals surface area contributed by atoms with Crippen LogP contribution in [0.3, 0.4) is 0 Å². The molecule has 3 saturated carbocycles. The monoisotopic (exact) mass is 310 g/mol. The van der Waals surface area contributed by atoms with Gasteiger partial charge in [0.1, 0.15) is 0 Å². The van der Waals surface area contributed by atoms with Crippen molar-refractivity contribution < 1.29 is 0 Å². The van der Waals surface area contributed by atoms with Gasteiger partial charge in [-0.15, -0.1) is 0 Å². The van der Waals surface area contributed by atoms with Crippen LogP contribution < -0.4 is 5.56 Å². The van der Waals surface area contributed by atoms with Crippen molar-refractivity contribution in [1.29, 1.82) is 0 Å². The Bertz CT molecular complexity index is 773. The van der Waals surface area contributed by atoms with Gasteiger partial charge in [-0.3, -0.25) is 9.48 Å². The number of rotatable bonds is 2. The molecule has 0 atom stereocenters. The summed E-state index contributed by atoms with van der Waals surface area (Å²) < 4.78 is 3.89. The van der Waals surface area contributed by atoms with Gasteiger partial charge in [0.2, 0.25) is 0 Å². The Labute approximate surface area is 137 Å². The average molecular weight is 310 g/mol. The first-order chi connectivity index (χ1) is 11.0. The van der Waals surface area contributed by atoms with Crippen LogP contribution in [0.15, 0.2) is 35.1 Å². The molecule has 3 heteroatoms. The van der Waals surface area contributed by atoms with Crippen LogP contribution in [0.4, 0.5) is 0 Å². The van der Waals surface area contributed by atoms with Gasteiger partial charge in [0.25, 0.3) is 5.56 Å². The van der Waals surface area contributed by atoms with Gasteiger partial charge >= 0.3 is 0 Å². The van der Waals surface area contributed by atoms with Crippen LogP contribution in [0.5, 0.6) is 0 Å². The Balaban J connectivity index is 1.87. The summed E-state index contributed by atoms with van der Waals surface area (Å²) in [6, 6.07) is 10.0. The predicted molar refractivity (Wildman–Crippen MR) is 93.2 cm³/mol. The lowest BCUT2D eigenvalue weighted by Crippen LogP contribution is -2.45. The third-order valence-corrected chi connectivity index (χ3v) is 6.71. The molecule has 3 fully saturated rings. The Hall–Kier alpha value is -1.77. The fourth-order valence-corrected chi connectivity index (χ4v) is 4.93. The maximum absolute atomic E-state index is 13.3. The van der Waals surface area contributed by atoms with E-state index < -0.39 is 0 Å². The summed E-state index contributed by atoms with van der Waals surface area (Å²) >= 11 is 0. The van der Waals surface area contributed by atoms with Crippen molar-refractivity contribution in [2.75, 3.05) is 0 Å². The second-order valence-electron chi connectivity index (χ2n) is 8.03. The molecule has 5 rings (SSSR count). The number of fused-ring (bicyclic) bond motifs is 3. The summed E-state index contributed by atoms with van der Waals surface area (Å²) in [4.78, 5) is 13.3. The molecule has 1 aromatic heterocycles. The number of hydrogen-bond donors (Lipinski definition) is 0. The number of nitrogens with zero attached hydrogens (tertiary/aromatic N) is 2. The summed E-state index contributed by atoms with van der Waals surface area (Å²) in [5.41, 5.74) is 4.04. The summed E-state index contributed by atoms with van der Waals surface area (Å²) in [7, 11) is 2.01. The largest absolute Gasteiger partial charge is 0.285 e. The number of aromatic nitrogens is 2. The highest BCUT2D eigenvalue weighted by Crippen LogP contribution is 2.57. The van der Waals surface area contributed by atoms with E-state index in [9.17, 15) is 4.79 Å². The van der Waals surface area contributed by atoms with Gasteiger partial charge < -0.3 is 0 Å². The van der Waals surface area contributed by atoms with E-state index in [1.54, 1.807) is 0 Å². The zero-order chi connectivity index (χ0) is 16.2. The smallest absolute Gasteiger partial charge is 0.275 e. The van der Waals surface area contributed by atoms with Crippen molar-refractivity contribution in [1.82, 2.24) is 9.36 Å². The normalized spacial score (nSPS) is 29.9. The van der Waals surface area contributed by atoms with E-state index in [4.69, 9.17) is 0 Å². The van der Waals surface area contributed by atoms with E-state index in [2.05, 4.69) is 13.8 Å². The van der Waals surface area contributed by atoms with Crippen LogP contribution in [0.25, 0.3) is 5.69 Å². The molecule has 0 unspecified atom stereocenters. The molecule has 0 saturated heterocycles. The molecule has 0 N–H and O–H groups in total. The van der Waals surface area contributed by atoms with Crippen molar-refractivity contribution in [2.24, 2.45) is 12.5 Å². The first-order valence-electron chi connectivity index (χ1n) is 8.80. The van der Waals surface area contributed by atoms with Gasteiger partial charge in [-0.2, -0.15) is 0 Å². The van der Waals surface area contributed by atoms with Crippen molar-refractivity contribution in [3.63, 3.8) is 0 Å². The van der Waals surface area contributed by atoms with Gasteiger partial charge in [-0.05, 0) is 63.0 Å². The van der Waals surface area contributed by atoms with Crippen LogP contribution in [0.1, 0.15) is 56.7 Å². The molecule has 3 aliphatic rings. The molecular formula is C20H26N2O. The number of hydrogen-bond acceptors (Lipinski definition) is 1. The van der Waals surface area contributed by atoms with Crippen molar-refractivity contribution in [3.05, 3.63) is 51.9 Å². The molecule has 0 aliphatic heterocycles. The van der Waals surface area contributed by atoms with E-state index in [0.717, 1.165) is 16.9 Å². The van der Waals surface area contributed by atoms with E-state index in [-0.39, 0.29) is 11.0 Å². The molecule has 0 spiro atoms. The molecular weight excluding hydrogens is 284 g/mol. The second-order valence-corrected chi connectivity index (χ2v) is 8.03. The third kappa shape index (κ3) is 2.05. The van der Waals surface area contributed by atoms with Gasteiger partial charge in [0.05, 0.1) is 5.69 Å². The van der Waals surface area contributed by atoms with Gasteiger partial charge in [0.15, 0.2) is 0 Å². The van der Waals surface area contributed by atoms with E-state index in [1.165, 1.54) is 38.5 Å². The molecule has 1 heterocycles. The number of benzene rings is 1. The maximum atomic E-state index is 13.3. The molecule has 0 radical (unpaired) electrons. The number of para-hydroxylation sites is 1. The van der Waals surface area contributed by atoms with Gasteiger partial charge in [-0.1, -0.05) is 25.1 Å². The first-order valence-corrected chi connectivity index (χ1v) is 8.80. The Morgan fingerprint density at radius 2 is 1.52 bits per heavy atom. The zero-order valence-corrected chi connectivity index (χ0v) is 14.4. The van der Waals surface area contributed by atoms with Crippen LogP contribution in [-0.4, -0.2) is 9.36 Å². The fraction of sp³-hybridized carbons (Fsp3) is 0.550. The standard InChI is InChI=1S/C20H26N2O/c1-15-17(20-12-9-19(2,10-13-20)11-14-20)18(23)22(21(15)3)16-7-5-4-6-8-16/h4-8H,9-14H2,1-3H3. The van der Waals surface area contributed by atoms with Gasteiger partial charge in [-0.25, -0.2) is 4.68 Å². The Morgan fingerprint density at radius 3 is 2.09 bits per heavy atom. The highest BCUT2D eigenvalue weighted by atomic mass is 16.1. The maximum Gasteiger partial charge on any atom is 0.275 e. The minimum absolute atomic E-state index is 0.122. The van der Waals surface area contributed by atoms with Crippen molar-refractivity contribution in [2.45, 2.75) is 57.8 Å². The molecule has 1 aromatic carbocycles. The van der Waals surface area contributed by atoms with Crippen LogP contribution in [-0.2, 0) is 12.5 Å². The molecule has 23 heavy (non-hydrogen) atoms. The summed E-state index contributed by atoms with van der Waals surface area (Å²) in [6.07, 6.45) is 7.35. The lowest BCUT2D eigenvalue weighted by molar-refractivity contribution is 0.0546. The molecule has 3 aliphatic carbocycles. The van der Waals surface area contributed by atoms with E-state index in [0.29, 0.717) is 5.41 Å². The van der Waals surface area contributed by atoms with Crippen LogP contribution >= 0.6 is 0 Å². The molecule has 3 nitrogen and oxygen atoms in total. The van der Waals surface area contributed by atoms with Crippen LogP contribution in [0, 0.1) is 12.3 Å². The predicted octanol–water partition coefficient (Wildman–Crippen LogP) is 4.10. The lowest BCUT2D eigenvalue weighted by atomic mass is 9.52. The minimum Gasteiger partial charge on any atom is -0.285 e. The minimum atomic E-state index is 0.122. The van der Waals surface area contributed by atoms with E-state index >= 15 is 0 Å². The van der Waals surface area contributed by atoms with Crippen molar-refractivity contribution in [3.8, 4) is 5.69 Å². The topological polar surface area (TPSA) is 26.9 Å². The summed E-state index contributed by atoms with van der Waals surface area (Å²) in [6.45, 7) is 4.55. The lowest BCUT2D eigenvalue weighted by Gasteiger charge is -2.52. The molecule has 0 amide bonds.